The summed E-state index contributed by atoms with van der Waals surface area (Å²) in [4.78, 5) is 15.9. The van der Waals surface area contributed by atoms with Crippen molar-refractivity contribution in [2.45, 2.75) is 6.54 Å². The summed E-state index contributed by atoms with van der Waals surface area (Å²) in [5, 5.41) is 14.2. The van der Waals surface area contributed by atoms with Crippen molar-refractivity contribution in [2.24, 2.45) is 0 Å². The Bertz CT molecular complexity index is 1130. The topological polar surface area (TPSA) is 77.2 Å². The molecule has 3 aromatic carbocycles. The second-order valence-corrected chi connectivity index (χ2v) is 6.55. The molecule has 4 rings (SSSR count). The van der Waals surface area contributed by atoms with Crippen LogP contribution >= 0.6 is 0 Å². The van der Waals surface area contributed by atoms with Crippen molar-refractivity contribution in [3.63, 3.8) is 0 Å². The Balaban J connectivity index is 1.78. The molecule has 0 saturated heterocycles. The van der Waals surface area contributed by atoms with Crippen LogP contribution in [0.25, 0.3) is 22.8 Å². The largest absolute Gasteiger partial charge is 0.508 e. The summed E-state index contributed by atoms with van der Waals surface area (Å²) in [6.07, 6.45) is 0.814. The number of carbonyl (C=O) groups is 1. The van der Waals surface area contributed by atoms with E-state index in [9.17, 15) is 9.90 Å². The van der Waals surface area contributed by atoms with Crippen LogP contribution in [0.3, 0.4) is 0 Å². The summed E-state index contributed by atoms with van der Waals surface area (Å²) in [5.41, 5.74) is 3.22. The Morgan fingerprint density at radius 3 is 2.45 bits per heavy atom. The smallest absolute Gasteiger partial charge is 0.181 e. The van der Waals surface area contributed by atoms with Crippen LogP contribution < -0.4 is 4.74 Å². The number of hydrogen-bond acceptors (Lipinski definition) is 5. The summed E-state index contributed by atoms with van der Waals surface area (Å²) in [6, 6.07) is 21.8. The third kappa shape index (κ3) is 4.01. The van der Waals surface area contributed by atoms with Crippen LogP contribution in [0, 0.1) is 0 Å². The third-order valence-electron chi connectivity index (χ3n) is 4.57. The van der Waals surface area contributed by atoms with E-state index in [1.165, 1.54) is 0 Å². The number of carbonyl (C=O) groups excluding carboxylic acids is 1. The van der Waals surface area contributed by atoms with E-state index in [2.05, 4.69) is 0 Å². The molecule has 0 spiro atoms. The van der Waals surface area contributed by atoms with Crippen molar-refractivity contribution in [1.82, 2.24) is 14.8 Å². The molecule has 0 bridgehead atoms. The first-order chi connectivity index (χ1) is 14.2. The van der Waals surface area contributed by atoms with E-state index < -0.39 is 0 Å². The van der Waals surface area contributed by atoms with Crippen molar-refractivity contribution in [3.8, 4) is 34.3 Å². The van der Waals surface area contributed by atoms with Crippen LogP contribution in [0.2, 0.25) is 0 Å². The first-order valence-corrected chi connectivity index (χ1v) is 9.09. The number of aromatic nitrogens is 3. The summed E-state index contributed by atoms with van der Waals surface area (Å²) in [7, 11) is 1.62. The van der Waals surface area contributed by atoms with Crippen molar-refractivity contribution >= 4 is 6.29 Å². The monoisotopic (exact) mass is 385 g/mol. The van der Waals surface area contributed by atoms with Gasteiger partial charge in [-0.15, -0.1) is 0 Å². The maximum atomic E-state index is 11.2. The Morgan fingerprint density at radius 1 is 1.00 bits per heavy atom. The van der Waals surface area contributed by atoms with E-state index >= 15 is 0 Å². The summed E-state index contributed by atoms with van der Waals surface area (Å²) < 4.78 is 7.02. The van der Waals surface area contributed by atoms with Gasteiger partial charge in [-0.2, -0.15) is 5.10 Å². The van der Waals surface area contributed by atoms with Gasteiger partial charge in [0.2, 0.25) is 0 Å². The SMILES string of the molecule is COc1ccc(-c2nc(-c3cccc(C=O)c3)n(Cc3ccc(O)cc3)n2)cc1. The predicted molar refractivity (Wildman–Crippen MR) is 110 cm³/mol. The van der Waals surface area contributed by atoms with Gasteiger partial charge in [0.15, 0.2) is 11.6 Å². The van der Waals surface area contributed by atoms with Crippen molar-refractivity contribution < 1.29 is 14.6 Å². The van der Waals surface area contributed by atoms with Gasteiger partial charge in [0, 0.05) is 16.7 Å². The minimum absolute atomic E-state index is 0.213. The van der Waals surface area contributed by atoms with Gasteiger partial charge >= 0.3 is 0 Å². The molecule has 1 heterocycles. The average Bonchev–Trinajstić information content (AvgIpc) is 3.19. The number of aromatic hydroxyl groups is 1. The fourth-order valence-electron chi connectivity index (χ4n) is 3.05. The molecular weight excluding hydrogens is 366 g/mol. The Labute approximate surface area is 168 Å². The second-order valence-electron chi connectivity index (χ2n) is 6.55. The number of hydrogen-bond donors (Lipinski definition) is 1. The molecule has 144 valence electrons. The zero-order chi connectivity index (χ0) is 20.2. The molecule has 0 saturated carbocycles. The molecule has 0 aliphatic rings. The zero-order valence-electron chi connectivity index (χ0n) is 15.8. The van der Waals surface area contributed by atoms with E-state index in [1.54, 1.807) is 36.1 Å². The van der Waals surface area contributed by atoms with Gasteiger partial charge in [0.05, 0.1) is 13.7 Å². The van der Waals surface area contributed by atoms with E-state index in [0.29, 0.717) is 23.8 Å². The van der Waals surface area contributed by atoms with Gasteiger partial charge in [-0.25, -0.2) is 9.67 Å². The summed E-state index contributed by atoms with van der Waals surface area (Å²) >= 11 is 0. The highest BCUT2D eigenvalue weighted by Gasteiger charge is 2.15. The van der Waals surface area contributed by atoms with Crippen LogP contribution in [0.15, 0.2) is 72.8 Å². The summed E-state index contributed by atoms with van der Waals surface area (Å²) in [5.74, 6) is 2.21. The first-order valence-electron chi connectivity index (χ1n) is 9.09. The molecule has 0 radical (unpaired) electrons. The molecule has 6 nitrogen and oxygen atoms in total. The molecule has 0 amide bonds. The second kappa shape index (κ2) is 7.98. The van der Waals surface area contributed by atoms with Gasteiger partial charge in [-0.3, -0.25) is 4.79 Å². The average molecular weight is 385 g/mol. The number of ether oxygens (including phenoxy) is 1. The summed E-state index contributed by atoms with van der Waals surface area (Å²) in [6.45, 7) is 0.476. The zero-order valence-corrected chi connectivity index (χ0v) is 15.8. The maximum absolute atomic E-state index is 11.2. The Morgan fingerprint density at radius 2 is 1.76 bits per heavy atom. The highest BCUT2D eigenvalue weighted by molar-refractivity contribution is 5.78. The predicted octanol–water partition coefficient (Wildman–Crippen LogP) is 4.19. The number of benzene rings is 3. The standard InChI is InChI=1S/C23H19N3O3/c1-29-21-11-7-18(8-12-21)22-24-23(19-4-2-3-17(13-19)15-27)26(25-22)14-16-5-9-20(28)10-6-16/h2-13,15,28H,14H2,1H3. The van der Waals surface area contributed by atoms with Gasteiger partial charge < -0.3 is 9.84 Å². The van der Waals surface area contributed by atoms with Crippen LogP contribution in [-0.4, -0.2) is 33.3 Å². The quantitative estimate of drug-likeness (QED) is 0.504. The molecule has 1 N–H and O–H groups in total. The lowest BCUT2D eigenvalue weighted by molar-refractivity contribution is 0.112. The van der Waals surface area contributed by atoms with Gasteiger partial charge in [0.1, 0.15) is 17.8 Å². The number of rotatable bonds is 6. The molecule has 0 aliphatic heterocycles. The highest BCUT2D eigenvalue weighted by Crippen LogP contribution is 2.25. The first kappa shape index (κ1) is 18.4. The number of nitrogens with zero attached hydrogens (tertiary/aromatic N) is 3. The van der Waals surface area contributed by atoms with E-state index in [0.717, 1.165) is 28.7 Å². The van der Waals surface area contributed by atoms with E-state index in [-0.39, 0.29) is 5.75 Å². The fraction of sp³-hybridized carbons (Fsp3) is 0.0870. The van der Waals surface area contributed by atoms with Crippen LogP contribution in [0.5, 0.6) is 11.5 Å². The third-order valence-corrected chi connectivity index (χ3v) is 4.57. The van der Waals surface area contributed by atoms with Gasteiger partial charge in [-0.05, 0) is 48.0 Å². The van der Waals surface area contributed by atoms with Gasteiger partial charge in [-0.1, -0.05) is 30.3 Å². The number of phenolic OH excluding ortho intramolecular Hbond substituents is 1. The minimum atomic E-state index is 0.213. The molecule has 29 heavy (non-hydrogen) atoms. The Kier molecular flexibility index (Phi) is 5.07. The molecule has 0 fully saturated rings. The fourth-order valence-corrected chi connectivity index (χ4v) is 3.05. The van der Waals surface area contributed by atoms with E-state index in [4.69, 9.17) is 14.8 Å². The molecule has 6 heteroatoms. The molecule has 1 aromatic heterocycles. The van der Waals surface area contributed by atoms with Crippen LogP contribution in [0.4, 0.5) is 0 Å². The van der Waals surface area contributed by atoms with Gasteiger partial charge in [0.25, 0.3) is 0 Å². The van der Waals surface area contributed by atoms with Crippen molar-refractivity contribution in [1.29, 1.82) is 0 Å². The lowest BCUT2D eigenvalue weighted by Crippen LogP contribution is -2.04. The Hall–Kier alpha value is -3.93. The molecule has 0 aliphatic carbocycles. The van der Waals surface area contributed by atoms with Crippen molar-refractivity contribution in [3.05, 3.63) is 83.9 Å². The molecule has 4 aromatic rings. The number of aldehydes is 1. The normalized spacial score (nSPS) is 10.7. The van der Waals surface area contributed by atoms with E-state index in [1.807, 2.05) is 48.5 Å². The molecule has 0 atom stereocenters. The van der Waals surface area contributed by atoms with Crippen LogP contribution in [-0.2, 0) is 6.54 Å². The van der Waals surface area contributed by atoms with Crippen molar-refractivity contribution in [2.75, 3.05) is 7.11 Å². The lowest BCUT2D eigenvalue weighted by Gasteiger charge is -2.07. The minimum Gasteiger partial charge on any atom is -0.508 e. The molecule has 0 unspecified atom stereocenters. The highest BCUT2D eigenvalue weighted by atomic mass is 16.5. The molecular formula is C23H19N3O3. The number of phenols is 1. The number of methoxy groups -OCH3 is 1. The maximum Gasteiger partial charge on any atom is 0.181 e. The lowest BCUT2D eigenvalue weighted by atomic mass is 10.1. The van der Waals surface area contributed by atoms with Crippen LogP contribution in [0.1, 0.15) is 15.9 Å².